The number of fused-ring (bicyclic) bond motifs is 1. The third-order valence-corrected chi connectivity index (χ3v) is 5.81. The lowest BCUT2D eigenvalue weighted by Gasteiger charge is -2.26. The molecule has 16 heavy (non-hydrogen) atoms. The van der Waals surface area contributed by atoms with Crippen LogP contribution in [0.25, 0.3) is 0 Å². The molecule has 5 heteroatoms. The van der Waals surface area contributed by atoms with Gasteiger partial charge in [-0.25, -0.2) is 8.42 Å². The maximum Gasteiger partial charge on any atom is 0.227 e. The summed E-state index contributed by atoms with van der Waals surface area (Å²) < 4.78 is 23.4. The van der Waals surface area contributed by atoms with Crippen LogP contribution in [-0.2, 0) is 14.6 Å². The average Bonchev–Trinajstić information content (AvgIpc) is 2.65. The first kappa shape index (κ1) is 11.9. The summed E-state index contributed by atoms with van der Waals surface area (Å²) >= 11 is 0. The third-order valence-electron chi connectivity index (χ3n) is 3.54. The molecule has 0 aromatic heterocycles. The molecule has 0 saturated carbocycles. The van der Waals surface area contributed by atoms with Gasteiger partial charge < -0.3 is 4.90 Å². The molecule has 2 aliphatic rings. The second-order valence-electron chi connectivity index (χ2n) is 5.91. The van der Waals surface area contributed by atoms with Gasteiger partial charge in [0.2, 0.25) is 5.91 Å². The zero-order valence-electron chi connectivity index (χ0n) is 10.1. The van der Waals surface area contributed by atoms with Gasteiger partial charge in [0, 0.05) is 18.5 Å². The van der Waals surface area contributed by atoms with Gasteiger partial charge in [-0.1, -0.05) is 20.8 Å². The van der Waals surface area contributed by atoms with Crippen molar-refractivity contribution in [2.45, 2.75) is 32.4 Å². The fraction of sp³-hybridized carbons (Fsp3) is 0.909. The first-order valence-electron chi connectivity index (χ1n) is 5.73. The second kappa shape index (κ2) is 3.45. The number of carbonyl (C=O) groups is 1. The molecule has 0 aromatic rings. The van der Waals surface area contributed by atoms with E-state index in [1.54, 1.807) is 4.90 Å². The summed E-state index contributed by atoms with van der Waals surface area (Å²) in [7, 11) is -2.93. The summed E-state index contributed by atoms with van der Waals surface area (Å²) in [6, 6.07) is 0. The molecule has 0 N–H and O–H groups in total. The van der Waals surface area contributed by atoms with E-state index in [-0.39, 0.29) is 17.1 Å². The molecular formula is C11H19NO3S. The molecule has 2 atom stereocenters. The Labute approximate surface area is 96.9 Å². The Morgan fingerprint density at radius 3 is 2.38 bits per heavy atom. The van der Waals surface area contributed by atoms with Crippen molar-refractivity contribution in [2.75, 3.05) is 18.8 Å². The number of hydrogen-bond acceptors (Lipinski definition) is 3. The molecule has 1 amide bonds. The van der Waals surface area contributed by atoms with Crippen molar-refractivity contribution >= 4 is 15.7 Å². The number of carbonyl (C=O) groups excluding carboxylic acids is 1. The van der Waals surface area contributed by atoms with Gasteiger partial charge >= 0.3 is 0 Å². The minimum absolute atomic E-state index is 0.0668. The first-order valence-corrected chi connectivity index (χ1v) is 7.44. The fourth-order valence-corrected chi connectivity index (χ4v) is 4.78. The number of rotatable bonds is 0. The summed E-state index contributed by atoms with van der Waals surface area (Å²) in [5.41, 5.74) is -0.414. The molecule has 2 aliphatic heterocycles. The number of hydrogen-bond donors (Lipinski definition) is 0. The van der Waals surface area contributed by atoms with Crippen LogP contribution in [0.2, 0.25) is 0 Å². The molecule has 2 unspecified atom stereocenters. The van der Waals surface area contributed by atoms with E-state index >= 15 is 0 Å². The van der Waals surface area contributed by atoms with Crippen LogP contribution < -0.4 is 0 Å². The molecule has 4 nitrogen and oxygen atoms in total. The van der Waals surface area contributed by atoms with Crippen molar-refractivity contribution < 1.29 is 13.2 Å². The van der Waals surface area contributed by atoms with E-state index in [2.05, 4.69) is 0 Å². The van der Waals surface area contributed by atoms with Gasteiger partial charge in [-0.15, -0.1) is 0 Å². The van der Waals surface area contributed by atoms with Crippen molar-refractivity contribution in [1.29, 1.82) is 0 Å². The average molecular weight is 245 g/mol. The summed E-state index contributed by atoms with van der Waals surface area (Å²) in [6.07, 6.45) is 0.723. The van der Waals surface area contributed by atoms with E-state index in [1.807, 2.05) is 20.8 Å². The van der Waals surface area contributed by atoms with Gasteiger partial charge in [0.05, 0.1) is 11.0 Å². The molecular weight excluding hydrogens is 226 g/mol. The molecule has 0 bridgehead atoms. The van der Waals surface area contributed by atoms with E-state index < -0.39 is 15.3 Å². The van der Waals surface area contributed by atoms with E-state index in [4.69, 9.17) is 0 Å². The van der Waals surface area contributed by atoms with E-state index in [0.29, 0.717) is 18.8 Å². The van der Waals surface area contributed by atoms with Crippen LogP contribution >= 0.6 is 0 Å². The molecule has 0 aromatic carbocycles. The van der Waals surface area contributed by atoms with Crippen molar-refractivity contribution in [3.05, 3.63) is 0 Å². The minimum atomic E-state index is -2.93. The Morgan fingerprint density at radius 2 is 1.88 bits per heavy atom. The highest BCUT2D eigenvalue weighted by Gasteiger charge is 2.48. The number of nitrogens with zero attached hydrogens (tertiary/aromatic N) is 1. The highest BCUT2D eigenvalue weighted by molar-refractivity contribution is 7.92. The summed E-state index contributed by atoms with van der Waals surface area (Å²) in [6.45, 7) is 6.65. The van der Waals surface area contributed by atoms with Crippen LogP contribution in [0, 0.1) is 11.3 Å². The highest BCUT2D eigenvalue weighted by Crippen LogP contribution is 2.35. The van der Waals surface area contributed by atoms with Crippen LogP contribution in [-0.4, -0.2) is 43.3 Å². The summed E-state index contributed by atoms with van der Waals surface area (Å²) in [5, 5.41) is -0.293. The number of likely N-dealkylation sites (tertiary alicyclic amines) is 1. The predicted molar refractivity (Wildman–Crippen MR) is 61.7 cm³/mol. The van der Waals surface area contributed by atoms with Crippen LogP contribution in [0.15, 0.2) is 0 Å². The van der Waals surface area contributed by atoms with Crippen LogP contribution in [0.5, 0.6) is 0 Å². The van der Waals surface area contributed by atoms with Crippen molar-refractivity contribution in [1.82, 2.24) is 4.90 Å². The van der Waals surface area contributed by atoms with Crippen LogP contribution in [0.3, 0.4) is 0 Å². The topological polar surface area (TPSA) is 54.5 Å². The van der Waals surface area contributed by atoms with Crippen molar-refractivity contribution in [3.63, 3.8) is 0 Å². The highest BCUT2D eigenvalue weighted by atomic mass is 32.2. The Hall–Kier alpha value is -0.580. The van der Waals surface area contributed by atoms with Crippen molar-refractivity contribution in [3.8, 4) is 0 Å². The van der Waals surface area contributed by atoms with Gasteiger partial charge in [0.1, 0.15) is 0 Å². The minimum Gasteiger partial charge on any atom is -0.341 e. The lowest BCUT2D eigenvalue weighted by molar-refractivity contribution is -0.138. The van der Waals surface area contributed by atoms with E-state index in [1.165, 1.54) is 0 Å². The maximum absolute atomic E-state index is 12.0. The van der Waals surface area contributed by atoms with Crippen molar-refractivity contribution in [2.24, 2.45) is 11.3 Å². The summed E-state index contributed by atoms with van der Waals surface area (Å²) in [5.74, 6) is 0.549. The lowest BCUT2D eigenvalue weighted by Crippen LogP contribution is -2.39. The standard InChI is InChI=1S/C11H19NO3S/c1-11(2,3)10(13)12-6-8-4-5-16(14,15)9(8)7-12/h8-9H,4-7H2,1-3H3. The fourth-order valence-electron chi connectivity index (χ4n) is 2.63. The van der Waals surface area contributed by atoms with Gasteiger partial charge in [-0.05, 0) is 12.3 Å². The van der Waals surface area contributed by atoms with Gasteiger partial charge in [0.15, 0.2) is 9.84 Å². The zero-order valence-corrected chi connectivity index (χ0v) is 10.9. The number of amides is 1. The largest absolute Gasteiger partial charge is 0.341 e. The monoisotopic (exact) mass is 245 g/mol. The predicted octanol–water partition coefficient (Wildman–Crippen LogP) is 0.678. The molecule has 2 saturated heterocycles. The Bertz CT molecular complexity index is 407. The van der Waals surface area contributed by atoms with E-state index in [0.717, 1.165) is 6.42 Å². The quantitative estimate of drug-likeness (QED) is 0.630. The first-order chi connectivity index (χ1) is 7.22. The second-order valence-corrected chi connectivity index (χ2v) is 8.25. The molecule has 2 heterocycles. The molecule has 0 spiro atoms. The Morgan fingerprint density at radius 1 is 1.25 bits per heavy atom. The SMILES string of the molecule is CC(C)(C)C(=O)N1CC2CCS(=O)(=O)C2C1. The molecule has 2 fully saturated rings. The molecule has 2 rings (SSSR count). The smallest absolute Gasteiger partial charge is 0.227 e. The lowest BCUT2D eigenvalue weighted by atomic mass is 9.95. The van der Waals surface area contributed by atoms with Crippen LogP contribution in [0.4, 0.5) is 0 Å². The molecule has 0 aliphatic carbocycles. The molecule has 0 radical (unpaired) electrons. The number of sulfone groups is 1. The normalized spacial score (nSPS) is 32.8. The Kier molecular flexibility index (Phi) is 2.57. The molecule has 92 valence electrons. The van der Waals surface area contributed by atoms with Gasteiger partial charge in [-0.3, -0.25) is 4.79 Å². The zero-order chi connectivity index (χ0) is 12.1. The Balaban J connectivity index is 2.14. The van der Waals surface area contributed by atoms with Gasteiger partial charge in [-0.2, -0.15) is 0 Å². The third kappa shape index (κ3) is 1.85. The van der Waals surface area contributed by atoms with E-state index in [9.17, 15) is 13.2 Å². The summed E-state index contributed by atoms with van der Waals surface area (Å²) in [4.78, 5) is 13.8. The maximum atomic E-state index is 12.0. The van der Waals surface area contributed by atoms with Gasteiger partial charge in [0.25, 0.3) is 0 Å². The van der Waals surface area contributed by atoms with Crippen LogP contribution in [0.1, 0.15) is 27.2 Å².